The summed E-state index contributed by atoms with van der Waals surface area (Å²) in [5, 5.41) is 4.09. The molecule has 5 nitrogen and oxygen atoms in total. The lowest BCUT2D eigenvalue weighted by molar-refractivity contribution is -0.129. The van der Waals surface area contributed by atoms with Gasteiger partial charge in [-0.15, -0.1) is 0 Å². The minimum atomic E-state index is -0.174. The monoisotopic (exact) mass is 345 g/mol. The number of hydrogen-bond acceptors (Lipinski definition) is 4. The maximum Gasteiger partial charge on any atom is 0.249 e. The van der Waals surface area contributed by atoms with E-state index in [0.29, 0.717) is 31.1 Å². The van der Waals surface area contributed by atoms with Crippen LogP contribution < -0.4 is 0 Å². The highest BCUT2D eigenvalue weighted by Crippen LogP contribution is 2.34. The average Bonchev–Trinajstić information content (AvgIpc) is 3.31. The van der Waals surface area contributed by atoms with Crippen molar-refractivity contribution in [2.24, 2.45) is 0 Å². The lowest BCUT2D eigenvalue weighted by atomic mass is 10.1. The minimum Gasteiger partial charge on any atom is -0.337 e. The summed E-state index contributed by atoms with van der Waals surface area (Å²) in [6.45, 7) is 4.29. The fourth-order valence-corrected chi connectivity index (χ4v) is 3.22. The molecule has 0 radical (unpaired) electrons. The van der Waals surface area contributed by atoms with E-state index in [9.17, 15) is 4.79 Å². The Kier molecular flexibility index (Phi) is 4.35. The van der Waals surface area contributed by atoms with Gasteiger partial charge in [-0.1, -0.05) is 72.4 Å². The molecule has 4 rings (SSSR count). The number of nitrogens with zero attached hydrogens (tertiary/aromatic N) is 3. The van der Waals surface area contributed by atoms with E-state index < -0.39 is 0 Å². The number of likely N-dealkylation sites (tertiary alicyclic amines) is 1. The molecule has 5 heteroatoms. The second kappa shape index (κ2) is 6.96. The summed E-state index contributed by atoms with van der Waals surface area (Å²) in [7, 11) is 0. The summed E-state index contributed by atoms with van der Waals surface area (Å²) in [6.07, 6.45) is 3.00. The van der Waals surface area contributed by atoms with Crippen molar-refractivity contribution in [3.05, 3.63) is 78.2 Å². The normalized spacial score (nSPS) is 16.8. The van der Waals surface area contributed by atoms with Crippen molar-refractivity contribution in [2.45, 2.75) is 25.4 Å². The highest BCUT2D eigenvalue weighted by atomic mass is 16.5. The summed E-state index contributed by atoms with van der Waals surface area (Å²) >= 11 is 0. The smallest absolute Gasteiger partial charge is 0.249 e. The van der Waals surface area contributed by atoms with Crippen LogP contribution in [0, 0.1) is 0 Å². The third kappa shape index (κ3) is 3.16. The molecule has 1 amide bonds. The highest BCUT2D eigenvalue weighted by Gasteiger charge is 2.35. The first kappa shape index (κ1) is 16.3. The second-order valence-corrected chi connectivity index (χ2v) is 6.34. The van der Waals surface area contributed by atoms with Crippen molar-refractivity contribution in [2.75, 3.05) is 0 Å². The van der Waals surface area contributed by atoms with Crippen molar-refractivity contribution in [3.63, 3.8) is 0 Å². The number of rotatable bonds is 5. The van der Waals surface area contributed by atoms with E-state index in [-0.39, 0.29) is 11.9 Å². The van der Waals surface area contributed by atoms with Crippen LogP contribution in [0.25, 0.3) is 17.5 Å². The van der Waals surface area contributed by atoms with Crippen molar-refractivity contribution in [1.82, 2.24) is 15.0 Å². The van der Waals surface area contributed by atoms with E-state index in [2.05, 4.69) is 16.7 Å². The van der Waals surface area contributed by atoms with E-state index in [1.54, 1.807) is 6.08 Å². The Morgan fingerprint density at radius 1 is 1.15 bits per heavy atom. The molecule has 0 saturated carbocycles. The lowest BCUT2D eigenvalue weighted by Gasteiger charge is -2.22. The molecule has 1 aliphatic heterocycles. The number of hydrogen-bond donors (Lipinski definition) is 0. The molecule has 2 aromatic carbocycles. The first-order valence-corrected chi connectivity index (χ1v) is 8.64. The van der Waals surface area contributed by atoms with Crippen LogP contribution in [0.1, 0.15) is 35.9 Å². The van der Waals surface area contributed by atoms with Crippen LogP contribution in [0.3, 0.4) is 0 Å². The Hall–Kier alpha value is -3.21. The Morgan fingerprint density at radius 3 is 2.65 bits per heavy atom. The Balaban J connectivity index is 1.56. The van der Waals surface area contributed by atoms with Gasteiger partial charge in [-0.3, -0.25) is 4.79 Å². The molecule has 1 saturated heterocycles. The molecule has 1 aromatic heterocycles. The van der Waals surface area contributed by atoms with Gasteiger partial charge in [-0.2, -0.15) is 4.98 Å². The van der Waals surface area contributed by atoms with Crippen LogP contribution in [-0.4, -0.2) is 20.9 Å². The van der Waals surface area contributed by atoms with Gasteiger partial charge >= 0.3 is 0 Å². The topological polar surface area (TPSA) is 59.2 Å². The maximum atomic E-state index is 12.4. The van der Waals surface area contributed by atoms with Crippen molar-refractivity contribution in [1.29, 1.82) is 0 Å². The van der Waals surface area contributed by atoms with Crippen molar-refractivity contribution >= 4 is 12.0 Å². The van der Waals surface area contributed by atoms with E-state index in [4.69, 9.17) is 4.52 Å². The summed E-state index contributed by atoms with van der Waals surface area (Å²) in [5.41, 5.74) is 3.03. The maximum absolute atomic E-state index is 12.4. The molecule has 2 heterocycles. The zero-order valence-corrected chi connectivity index (χ0v) is 14.3. The first-order valence-electron chi connectivity index (χ1n) is 8.64. The zero-order valence-electron chi connectivity index (χ0n) is 14.3. The predicted octanol–water partition coefficient (Wildman–Crippen LogP) is 4.24. The average molecular weight is 345 g/mol. The number of carbonyl (C=O) groups excluding carboxylic acids is 1. The number of aromatic nitrogens is 2. The first-order chi connectivity index (χ1) is 12.7. The molecule has 1 aliphatic rings. The SMILES string of the molecule is C=Cc1ccc(CN2C(=O)CCC2c2nc(-c3ccccc3)no2)cc1. The predicted molar refractivity (Wildman–Crippen MR) is 98.8 cm³/mol. The Morgan fingerprint density at radius 2 is 1.92 bits per heavy atom. The van der Waals surface area contributed by atoms with Crippen LogP contribution in [-0.2, 0) is 11.3 Å². The molecule has 3 aromatic rings. The summed E-state index contributed by atoms with van der Waals surface area (Å²) in [6, 6.07) is 17.5. The molecule has 0 N–H and O–H groups in total. The van der Waals surface area contributed by atoms with Gasteiger partial charge < -0.3 is 9.42 Å². The van der Waals surface area contributed by atoms with Gasteiger partial charge in [0.25, 0.3) is 0 Å². The molecule has 1 unspecified atom stereocenters. The van der Waals surface area contributed by atoms with Crippen LogP contribution in [0.15, 0.2) is 65.7 Å². The number of benzene rings is 2. The molecule has 1 fully saturated rings. The Bertz CT molecular complexity index is 916. The van der Waals surface area contributed by atoms with Crippen LogP contribution >= 0.6 is 0 Å². The fraction of sp³-hybridized carbons (Fsp3) is 0.190. The molecular weight excluding hydrogens is 326 g/mol. The third-order valence-electron chi connectivity index (χ3n) is 4.66. The number of amides is 1. The van der Waals surface area contributed by atoms with Gasteiger partial charge in [0, 0.05) is 18.5 Å². The van der Waals surface area contributed by atoms with Gasteiger partial charge in [0.05, 0.1) is 0 Å². The molecule has 26 heavy (non-hydrogen) atoms. The van der Waals surface area contributed by atoms with Crippen molar-refractivity contribution in [3.8, 4) is 11.4 Å². The fourth-order valence-electron chi connectivity index (χ4n) is 3.22. The minimum absolute atomic E-state index is 0.113. The number of carbonyl (C=O) groups is 1. The molecular formula is C21H19N3O2. The van der Waals surface area contributed by atoms with Crippen LogP contribution in [0.4, 0.5) is 0 Å². The summed E-state index contributed by atoms with van der Waals surface area (Å²) in [5.74, 6) is 1.16. The van der Waals surface area contributed by atoms with Crippen molar-refractivity contribution < 1.29 is 9.32 Å². The molecule has 0 spiro atoms. The molecule has 0 bridgehead atoms. The van der Waals surface area contributed by atoms with Crippen LogP contribution in [0.2, 0.25) is 0 Å². The quantitative estimate of drug-likeness (QED) is 0.694. The van der Waals surface area contributed by atoms with E-state index in [1.165, 1.54) is 0 Å². The van der Waals surface area contributed by atoms with E-state index in [0.717, 1.165) is 16.7 Å². The molecule has 1 atom stereocenters. The summed E-state index contributed by atoms with van der Waals surface area (Å²) < 4.78 is 5.49. The van der Waals surface area contributed by atoms with Gasteiger partial charge in [-0.05, 0) is 17.5 Å². The largest absolute Gasteiger partial charge is 0.337 e. The van der Waals surface area contributed by atoms with Crippen LogP contribution in [0.5, 0.6) is 0 Å². The molecule has 0 aliphatic carbocycles. The second-order valence-electron chi connectivity index (χ2n) is 6.34. The van der Waals surface area contributed by atoms with E-state index in [1.807, 2.05) is 59.5 Å². The zero-order chi connectivity index (χ0) is 17.9. The highest BCUT2D eigenvalue weighted by molar-refractivity contribution is 5.78. The van der Waals surface area contributed by atoms with E-state index >= 15 is 0 Å². The Labute approximate surface area is 152 Å². The van der Waals surface area contributed by atoms with Gasteiger partial charge in [0.2, 0.25) is 17.6 Å². The third-order valence-corrected chi connectivity index (χ3v) is 4.66. The standard InChI is InChI=1S/C21H19N3O2/c1-2-15-8-10-16(11-9-15)14-24-18(12-13-19(24)25)21-22-20(23-26-21)17-6-4-3-5-7-17/h2-11,18H,1,12-14H2. The summed E-state index contributed by atoms with van der Waals surface area (Å²) in [4.78, 5) is 18.7. The molecule has 130 valence electrons. The van der Waals surface area contributed by atoms with Gasteiger partial charge in [0.15, 0.2) is 0 Å². The lowest BCUT2D eigenvalue weighted by Crippen LogP contribution is -2.27. The van der Waals surface area contributed by atoms with Gasteiger partial charge in [-0.25, -0.2) is 0 Å². The van der Waals surface area contributed by atoms with Gasteiger partial charge in [0.1, 0.15) is 6.04 Å².